The van der Waals surface area contributed by atoms with Crippen molar-refractivity contribution in [3.05, 3.63) is 83.6 Å². The Morgan fingerprint density at radius 2 is 1.62 bits per heavy atom. The van der Waals surface area contributed by atoms with E-state index in [0.717, 1.165) is 11.3 Å². The third kappa shape index (κ3) is 3.90. The molecule has 2 aromatic rings. The van der Waals surface area contributed by atoms with E-state index in [1.807, 2.05) is 77.7 Å². The molecule has 0 saturated heterocycles. The Kier molecular flexibility index (Phi) is 6.38. The zero-order valence-corrected chi connectivity index (χ0v) is 17.9. The van der Waals surface area contributed by atoms with Crippen LogP contribution in [0.1, 0.15) is 37.7 Å². The van der Waals surface area contributed by atoms with Gasteiger partial charge in [-0.1, -0.05) is 60.7 Å². The molecule has 2 heterocycles. The minimum absolute atomic E-state index is 0.0593. The van der Waals surface area contributed by atoms with Gasteiger partial charge in [-0.05, 0) is 30.5 Å². The van der Waals surface area contributed by atoms with E-state index < -0.39 is 5.41 Å². The van der Waals surface area contributed by atoms with Gasteiger partial charge in [0.25, 0.3) is 5.91 Å². The quantitative estimate of drug-likeness (QED) is 0.599. The number of nitrogens with zero attached hydrogens (tertiary/aromatic N) is 3. The fraction of sp³-hybridized carbons (Fsp3) is 0.296. The summed E-state index contributed by atoms with van der Waals surface area (Å²) in [5.74, 6) is 0.624. The molecular formula is C27H25N3O2. The van der Waals surface area contributed by atoms with Crippen LogP contribution in [0, 0.1) is 28.1 Å². The zero-order chi connectivity index (χ0) is 22.4. The molecule has 0 saturated carbocycles. The summed E-state index contributed by atoms with van der Waals surface area (Å²) < 4.78 is 6.08. The predicted molar refractivity (Wildman–Crippen MR) is 123 cm³/mol. The predicted octanol–water partition coefficient (Wildman–Crippen LogP) is 5.38. The van der Waals surface area contributed by atoms with Crippen molar-refractivity contribution in [1.82, 2.24) is 0 Å². The number of hydrogen-bond donors (Lipinski definition) is 0. The van der Waals surface area contributed by atoms with Crippen LogP contribution in [0.5, 0.6) is 0 Å². The number of carbonyl (C=O) groups is 1. The van der Waals surface area contributed by atoms with Crippen LogP contribution in [-0.4, -0.2) is 18.6 Å². The molecule has 5 heteroatoms. The van der Waals surface area contributed by atoms with Gasteiger partial charge in [0.05, 0.1) is 35.8 Å². The molecule has 5 nitrogen and oxygen atoms in total. The van der Waals surface area contributed by atoms with Gasteiger partial charge in [-0.3, -0.25) is 4.79 Å². The van der Waals surface area contributed by atoms with E-state index in [1.54, 1.807) is 0 Å². The van der Waals surface area contributed by atoms with E-state index in [1.165, 1.54) is 0 Å². The van der Waals surface area contributed by atoms with Crippen molar-refractivity contribution >= 4 is 17.7 Å². The molecule has 2 aliphatic heterocycles. The summed E-state index contributed by atoms with van der Waals surface area (Å²) in [7, 11) is 0. The zero-order valence-electron chi connectivity index (χ0n) is 17.9. The number of benzene rings is 2. The smallest absolute Gasteiger partial charge is 0.258 e. The Hall–Kier alpha value is -3.83. The maximum atomic E-state index is 13.7. The van der Waals surface area contributed by atoms with Crippen molar-refractivity contribution in [2.45, 2.75) is 38.1 Å². The van der Waals surface area contributed by atoms with Crippen molar-refractivity contribution < 1.29 is 9.53 Å². The highest BCUT2D eigenvalue weighted by Crippen LogP contribution is 2.52. The maximum absolute atomic E-state index is 13.7. The van der Waals surface area contributed by atoms with Crippen LogP contribution in [-0.2, 0) is 9.53 Å². The summed E-state index contributed by atoms with van der Waals surface area (Å²) in [6.45, 7) is 0.453. The molecule has 0 fully saturated rings. The third-order valence-corrected chi connectivity index (χ3v) is 6.32. The Morgan fingerprint density at radius 3 is 2.25 bits per heavy atom. The normalized spacial score (nSPS) is 19.4. The second kappa shape index (κ2) is 9.54. The van der Waals surface area contributed by atoms with E-state index in [4.69, 9.17) is 4.74 Å². The van der Waals surface area contributed by atoms with Crippen molar-refractivity contribution in [3.63, 3.8) is 0 Å². The average molecular weight is 424 g/mol. The van der Waals surface area contributed by atoms with Crippen LogP contribution in [0.15, 0.2) is 78.1 Å². The first-order chi connectivity index (χ1) is 15.7. The van der Waals surface area contributed by atoms with Gasteiger partial charge in [0.15, 0.2) is 0 Å². The second-order valence-electron chi connectivity index (χ2n) is 8.10. The molecule has 2 aliphatic rings. The van der Waals surface area contributed by atoms with Crippen LogP contribution in [0.3, 0.4) is 0 Å². The molecular weight excluding hydrogens is 398 g/mol. The minimum Gasteiger partial charge on any atom is -0.496 e. The van der Waals surface area contributed by atoms with Crippen LogP contribution < -0.4 is 4.90 Å². The number of rotatable bonds is 7. The van der Waals surface area contributed by atoms with Crippen molar-refractivity contribution in [3.8, 4) is 12.1 Å². The number of ether oxygens (including phenoxy) is 1. The Morgan fingerprint density at radius 1 is 1.00 bits per heavy atom. The summed E-state index contributed by atoms with van der Waals surface area (Å²) in [4.78, 5) is 15.5. The first-order valence-corrected chi connectivity index (χ1v) is 10.9. The largest absolute Gasteiger partial charge is 0.496 e. The molecule has 0 radical (unpaired) electrons. The molecule has 0 N–H and O–H groups in total. The average Bonchev–Trinajstić information content (AvgIpc) is 3.34. The summed E-state index contributed by atoms with van der Waals surface area (Å²) in [5, 5.41) is 18.9. The van der Waals surface area contributed by atoms with Gasteiger partial charge in [0.2, 0.25) is 0 Å². The lowest BCUT2D eigenvalue weighted by molar-refractivity contribution is -0.117. The summed E-state index contributed by atoms with van der Waals surface area (Å²) >= 11 is 0. The maximum Gasteiger partial charge on any atom is 0.258 e. The Labute approximate surface area is 188 Å². The Balaban J connectivity index is 1.91. The van der Waals surface area contributed by atoms with Gasteiger partial charge in [-0.2, -0.15) is 10.5 Å². The molecule has 1 amide bonds. The number of anilines is 1. The standard InChI is InChI=1S/C27H25N3O2/c28-18-7-16-27(17-8-19-29)24(14-13-21-9-3-1-4-10-21)30(22-11-5-2-6-12-22)26(31)23-15-20-32-25(23)27/h1-6,9-14,24H,7-8,15-17,20H2/b14-13+. The lowest BCUT2D eigenvalue weighted by atomic mass is 9.67. The SMILES string of the molecule is N#CCCC1(CCC#N)C2=C(CCO2)C(=O)N(c2ccccc2)C1/C=C/c1ccccc1. The molecule has 0 aromatic heterocycles. The minimum atomic E-state index is -0.633. The topological polar surface area (TPSA) is 77.1 Å². The van der Waals surface area contributed by atoms with E-state index in [0.29, 0.717) is 50.0 Å². The summed E-state index contributed by atoms with van der Waals surface area (Å²) in [6.07, 6.45) is 6.28. The number of amides is 1. The van der Waals surface area contributed by atoms with Gasteiger partial charge in [-0.15, -0.1) is 0 Å². The highest BCUT2D eigenvalue weighted by molar-refractivity contribution is 6.08. The molecule has 0 spiro atoms. The monoisotopic (exact) mass is 423 g/mol. The highest BCUT2D eigenvalue weighted by atomic mass is 16.5. The lowest BCUT2D eigenvalue weighted by Gasteiger charge is -2.48. The number of nitriles is 2. The number of para-hydroxylation sites is 1. The molecule has 0 bridgehead atoms. The van der Waals surface area contributed by atoms with E-state index in [9.17, 15) is 15.3 Å². The molecule has 32 heavy (non-hydrogen) atoms. The summed E-state index contributed by atoms with van der Waals surface area (Å²) in [6, 6.07) is 23.7. The van der Waals surface area contributed by atoms with Gasteiger partial charge in [0.1, 0.15) is 5.76 Å². The third-order valence-electron chi connectivity index (χ3n) is 6.32. The van der Waals surface area contributed by atoms with Crippen LogP contribution in [0.4, 0.5) is 5.69 Å². The molecule has 4 rings (SSSR count). The second-order valence-corrected chi connectivity index (χ2v) is 8.10. The van der Waals surface area contributed by atoms with E-state index >= 15 is 0 Å². The molecule has 1 unspecified atom stereocenters. The molecule has 0 aliphatic carbocycles. The molecule has 2 aromatic carbocycles. The van der Waals surface area contributed by atoms with E-state index in [2.05, 4.69) is 12.1 Å². The van der Waals surface area contributed by atoms with Gasteiger partial charge >= 0.3 is 0 Å². The first-order valence-electron chi connectivity index (χ1n) is 10.9. The van der Waals surface area contributed by atoms with E-state index in [-0.39, 0.29) is 11.9 Å². The van der Waals surface area contributed by atoms with Crippen LogP contribution in [0.25, 0.3) is 6.08 Å². The highest BCUT2D eigenvalue weighted by Gasteiger charge is 2.53. The van der Waals surface area contributed by atoms with Crippen molar-refractivity contribution in [2.24, 2.45) is 5.41 Å². The first kappa shape index (κ1) is 21.4. The van der Waals surface area contributed by atoms with Crippen molar-refractivity contribution in [2.75, 3.05) is 11.5 Å². The van der Waals surface area contributed by atoms with Crippen LogP contribution >= 0.6 is 0 Å². The molecule has 1 atom stereocenters. The van der Waals surface area contributed by atoms with Crippen LogP contribution in [0.2, 0.25) is 0 Å². The Bertz CT molecular complexity index is 1090. The fourth-order valence-corrected chi connectivity index (χ4v) is 4.87. The van der Waals surface area contributed by atoms with Gasteiger partial charge < -0.3 is 9.64 Å². The number of hydrogen-bond acceptors (Lipinski definition) is 4. The van der Waals surface area contributed by atoms with Crippen molar-refractivity contribution in [1.29, 1.82) is 10.5 Å². The lowest BCUT2D eigenvalue weighted by Crippen LogP contribution is -2.55. The summed E-state index contributed by atoms with van der Waals surface area (Å²) in [5.41, 5.74) is 1.87. The van der Waals surface area contributed by atoms with Gasteiger partial charge in [-0.25, -0.2) is 0 Å². The number of carbonyl (C=O) groups excluding carboxylic acids is 1. The molecule has 160 valence electrons. The van der Waals surface area contributed by atoms with Gasteiger partial charge in [0, 0.05) is 24.9 Å². The fourth-order valence-electron chi connectivity index (χ4n) is 4.87.